The Bertz CT molecular complexity index is 540. The first kappa shape index (κ1) is 20.1. The highest BCUT2D eigenvalue weighted by atomic mass is 35.5. The first-order chi connectivity index (χ1) is 11.7. The zero-order valence-electron chi connectivity index (χ0n) is 14.2. The monoisotopic (exact) mass is 372 g/mol. The second kappa shape index (κ2) is 10.0. The fourth-order valence-electron chi connectivity index (χ4n) is 3.20. The zero-order chi connectivity index (χ0) is 16.8. The Hall–Kier alpha value is -1.25. The van der Waals surface area contributed by atoms with Crippen LogP contribution >= 0.6 is 12.4 Å². The fourth-order valence-corrected chi connectivity index (χ4v) is 3.20. The van der Waals surface area contributed by atoms with Crippen LogP contribution in [0.5, 0.6) is 0 Å². The minimum atomic E-state index is -0.221. The van der Waals surface area contributed by atoms with Crippen LogP contribution in [0.3, 0.4) is 0 Å². The lowest BCUT2D eigenvalue weighted by Gasteiger charge is -2.27. The molecule has 2 unspecified atom stereocenters. The van der Waals surface area contributed by atoms with Crippen molar-refractivity contribution in [3.05, 3.63) is 35.6 Å². The van der Waals surface area contributed by atoms with E-state index in [-0.39, 0.29) is 30.2 Å². The van der Waals surface area contributed by atoms with Gasteiger partial charge in [-0.15, -0.1) is 12.4 Å². The van der Waals surface area contributed by atoms with Gasteiger partial charge in [-0.1, -0.05) is 12.1 Å². The summed E-state index contributed by atoms with van der Waals surface area (Å²) in [5.74, 6) is 0.318. The molecular formula is C17H26ClFN4O2. The molecule has 1 amide bonds. The third kappa shape index (κ3) is 5.62. The molecule has 8 heteroatoms. The van der Waals surface area contributed by atoms with Crippen molar-refractivity contribution in [3.63, 3.8) is 0 Å². The van der Waals surface area contributed by atoms with Crippen LogP contribution in [0, 0.1) is 11.7 Å². The van der Waals surface area contributed by atoms with E-state index in [1.165, 1.54) is 12.1 Å². The van der Waals surface area contributed by atoms with Gasteiger partial charge in [0.15, 0.2) is 0 Å². The average molecular weight is 373 g/mol. The van der Waals surface area contributed by atoms with Crippen LogP contribution < -0.4 is 16.2 Å². The number of nitrogens with zero attached hydrogens (tertiary/aromatic N) is 1. The molecule has 2 aliphatic rings. The van der Waals surface area contributed by atoms with Gasteiger partial charge in [0.2, 0.25) is 5.91 Å². The lowest BCUT2D eigenvalue weighted by atomic mass is 9.95. The van der Waals surface area contributed by atoms with E-state index in [1.54, 1.807) is 0 Å². The fraction of sp³-hybridized carbons (Fsp3) is 0.588. The second-order valence-corrected chi connectivity index (χ2v) is 6.26. The third-order valence-corrected chi connectivity index (χ3v) is 4.61. The Morgan fingerprint density at radius 1 is 1.28 bits per heavy atom. The van der Waals surface area contributed by atoms with Gasteiger partial charge in [0.25, 0.3) is 0 Å². The van der Waals surface area contributed by atoms with E-state index < -0.39 is 0 Å². The van der Waals surface area contributed by atoms with Gasteiger partial charge in [0.1, 0.15) is 5.82 Å². The largest absolute Gasteiger partial charge is 0.378 e. The number of morpholine rings is 1. The molecule has 0 radical (unpaired) electrons. The van der Waals surface area contributed by atoms with Gasteiger partial charge in [-0.3, -0.25) is 10.2 Å². The maximum atomic E-state index is 13.1. The van der Waals surface area contributed by atoms with Gasteiger partial charge in [0, 0.05) is 45.1 Å². The molecule has 1 aromatic rings. The van der Waals surface area contributed by atoms with Crippen LogP contribution in [0.25, 0.3) is 0 Å². The van der Waals surface area contributed by atoms with E-state index in [2.05, 4.69) is 16.2 Å². The lowest BCUT2D eigenvalue weighted by Crippen LogP contribution is -2.42. The quantitative estimate of drug-likeness (QED) is 0.646. The van der Waals surface area contributed by atoms with Gasteiger partial charge in [-0.25, -0.2) is 9.82 Å². The van der Waals surface area contributed by atoms with Crippen molar-refractivity contribution in [1.82, 2.24) is 21.1 Å². The van der Waals surface area contributed by atoms with Crippen molar-refractivity contribution >= 4 is 18.3 Å². The Morgan fingerprint density at radius 3 is 2.72 bits per heavy atom. The van der Waals surface area contributed by atoms with Gasteiger partial charge >= 0.3 is 0 Å². The molecule has 0 spiro atoms. The second-order valence-electron chi connectivity index (χ2n) is 6.26. The SMILES string of the molecule is Cl.O=C(CCNCC1CNNC1c1ccc(F)cc1)N1CCOCC1. The van der Waals surface area contributed by atoms with Crippen molar-refractivity contribution in [1.29, 1.82) is 0 Å². The summed E-state index contributed by atoms with van der Waals surface area (Å²) in [6, 6.07) is 6.75. The summed E-state index contributed by atoms with van der Waals surface area (Å²) in [4.78, 5) is 13.9. The summed E-state index contributed by atoms with van der Waals surface area (Å²) in [7, 11) is 0. The minimum absolute atomic E-state index is 0. The molecule has 0 aromatic heterocycles. The molecule has 3 rings (SSSR count). The topological polar surface area (TPSA) is 65.6 Å². The molecule has 2 fully saturated rings. The molecule has 2 atom stereocenters. The third-order valence-electron chi connectivity index (χ3n) is 4.61. The maximum absolute atomic E-state index is 13.1. The highest BCUT2D eigenvalue weighted by molar-refractivity contribution is 5.85. The molecule has 25 heavy (non-hydrogen) atoms. The van der Waals surface area contributed by atoms with Gasteiger partial charge in [0.05, 0.1) is 19.3 Å². The van der Waals surface area contributed by atoms with E-state index in [1.807, 2.05) is 17.0 Å². The molecule has 0 bridgehead atoms. The maximum Gasteiger partial charge on any atom is 0.224 e. The standard InChI is InChI=1S/C17H25FN4O2.ClH/c18-15-3-1-13(2-4-15)17-14(12-20-21-17)11-19-6-5-16(23)22-7-9-24-10-8-22;/h1-4,14,17,19-21H,5-12H2;1H. The highest BCUT2D eigenvalue weighted by Gasteiger charge is 2.27. The molecule has 2 heterocycles. The summed E-state index contributed by atoms with van der Waals surface area (Å²) in [5, 5.41) is 3.38. The summed E-state index contributed by atoms with van der Waals surface area (Å²) in [6.07, 6.45) is 0.509. The van der Waals surface area contributed by atoms with E-state index in [0.29, 0.717) is 45.2 Å². The molecular weight excluding hydrogens is 347 g/mol. The molecule has 6 nitrogen and oxygen atoms in total. The number of amides is 1. The van der Waals surface area contributed by atoms with E-state index >= 15 is 0 Å². The Kier molecular flexibility index (Phi) is 8.05. The summed E-state index contributed by atoms with van der Waals surface area (Å²) < 4.78 is 18.3. The molecule has 140 valence electrons. The van der Waals surface area contributed by atoms with E-state index in [4.69, 9.17) is 4.74 Å². The molecule has 2 aliphatic heterocycles. The molecule has 3 N–H and O–H groups in total. The number of carbonyl (C=O) groups is 1. The van der Waals surface area contributed by atoms with Crippen molar-refractivity contribution in [2.45, 2.75) is 12.5 Å². The Morgan fingerprint density at radius 2 is 2.00 bits per heavy atom. The predicted octanol–water partition coefficient (Wildman–Crippen LogP) is 0.851. The molecule has 2 saturated heterocycles. The number of hydrogen-bond acceptors (Lipinski definition) is 5. The smallest absolute Gasteiger partial charge is 0.224 e. The number of rotatable bonds is 6. The first-order valence-electron chi connectivity index (χ1n) is 8.54. The number of halogens is 2. The van der Waals surface area contributed by atoms with Gasteiger partial charge < -0.3 is 15.0 Å². The zero-order valence-corrected chi connectivity index (χ0v) is 15.0. The number of benzene rings is 1. The predicted molar refractivity (Wildman–Crippen MR) is 95.9 cm³/mol. The molecule has 0 saturated carbocycles. The average Bonchev–Trinajstić information content (AvgIpc) is 3.08. The highest BCUT2D eigenvalue weighted by Crippen LogP contribution is 2.24. The molecule has 0 aliphatic carbocycles. The summed E-state index contributed by atoms with van der Waals surface area (Å²) in [5.41, 5.74) is 7.47. The summed E-state index contributed by atoms with van der Waals surface area (Å²) in [6.45, 7) is 4.98. The van der Waals surface area contributed by atoms with Crippen molar-refractivity contribution < 1.29 is 13.9 Å². The van der Waals surface area contributed by atoms with Crippen LogP contribution in [-0.2, 0) is 9.53 Å². The van der Waals surface area contributed by atoms with Crippen LogP contribution in [0.15, 0.2) is 24.3 Å². The van der Waals surface area contributed by atoms with Crippen molar-refractivity contribution in [2.75, 3.05) is 45.9 Å². The first-order valence-corrected chi connectivity index (χ1v) is 8.54. The Labute approximate surface area is 153 Å². The van der Waals surface area contributed by atoms with Gasteiger partial charge in [-0.2, -0.15) is 0 Å². The van der Waals surface area contributed by atoms with Crippen molar-refractivity contribution in [3.8, 4) is 0 Å². The number of hydrazine groups is 1. The molecule has 1 aromatic carbocycles. The van der Waals surface area contributed by atoms with Crippen molar-refractivity contribution in [2.24, 2.45) is 5.92 Å². The summed E-state index contributed by atoms with van der Waals surface area (Å²) >= 11 is 0. The minimum Gasteiger partial charge on any atom is -0.378 e. The lowest BCUT2D eigenvalue weighted by molar-refractivity contribution is -0.135. The number of hydrogen-bond donors (Lipinski definition) is 3. The van der Waals surface area contributed by atoms with E-state index in [0.717, 1.165) is 18.7 Å². The number of nitrogens with one attached hydrogen (secondary N) is 3. The Balaban J connectivity index is 0.00000225. The number of ether oxygens (including phenoxy) is 1. The van der Waals surface area contributed by atoms with Crippen LogP contribution in [0.1, 0.15) is 18.0 Å². The van der Waals surface area contributed by atoms with Crippen LogP contribution in [0.2, 0.25) is 0 Å². The van der Waals surface area contributed by atoms with E-state index in [9.17, 15) is 9.18 Å². The van der Waals surface area contributed by atoms with Gasteiger partial charge in [-0.05, 0) is 17.7 Å². The number of carbonyl (C=O) groups excluding carboxylic acids is 1. The van der Waals surface area contributed by atoms with Crippen LogP contribution in [-0.4, -0.2) is 56.7 Å². The van der Waals surface area contributed by atoms with Crippen LogP contribution in [0.4, 0.5) is 4.39 Å². The normalized spacial score (nSPS) is 23.3.